The lowest BCUT2D eigenvalue weighted by atomic mass is 10.3. The second-order valence-electron chi connectivity index (χ2n) is 2.56. The summed E-state index contributed by atoms with van der Waals surface area (Å²) < 4.78 is 10.0. The number of rotatable bonds is 4. The highest BCUT2D eigenvalue weighted by atomic mass is 16.5. The zero-order chi connectivity index (χ0) is 9.36. The quantitative estimate of drug-likeness (QED) is 0.373. The van der Waals surface area contributed by atoms with Crippen molar-refractivity contribution in [3.63, 3.8) is 0 Å². The van der Waals surface area contributed by atoms with Gasteiger partial charge in [0.25, 0.3) is 0 Å². The normalized spacial score (nSPS) is 22.7. The topological polar surface area (TPSA) is 18.5 Å². The molecule has 0 bridgehead atoms. The number of methoxy groups -OCH3 is 1. The summed E-state index contributed by atoms with van der Waals surface area (Å²) in [6, 6.07) is 0. The van der Waals surface area contributed by atoms with Crippen molar-refractivity contribution in [3.8, 4) is 0 Å². The Morgan fingerprint density at radius 1 is 1.31 bits per heavy atom. The second-order valence-corrected chi connectivity index (χ2v) is 2.56. The molecule has 1 heterocycles. The Balaban J connectivity index is 2.20. The van der Waals surface area contributed by atoms with E-state index in [4.69, 9.17) is 9.47 Å². The third-order valence-electron chi connectivity index (χ3n) is 1.56. The van der Waals surface area contributed by atoms with Crippen molar-refractivity contribution in [3.05, 3.63) is 48.8 Å². The van der Waals surface area contributed by atoms with E-state index in [1.165, 1.54) is 0 Å². The van der Waals surface area contributed by atoms with Crippen molar-refractivity contribution in [1.29, 1.82) is 0 Å². The van der Waals surface area contributed by atoms with E-state index in [2.05, 4.69) is 0 Å². The summed E-state index contributed by atoms with van der Waals surface area (Å²) in [5, 5.41) is 0. The van der Waals surface area contributed by atoms with Crippen LogP contribution in [0.2, 0.25) is 0 Å². The first kappa shape index (κ1) is 9.81. The highest BCUT2D eigenvalue weighted by Gasteiger charge is 2.02. The third kappa shape index (κ3) is 4.33. The Morgan fingerprint density at radius 2 is 2.15 bits per heavy atom. The minimum Gasteiger partial charge on any atom is -0.504 e. The Kier molecular flexibility index (Phi) is 4.72. The lowest BCUT2D eigenvalue weighted by molar-refractivity contribution is 0.161. The van der Waals surface area contributed by atoms with Crippen molar-refractivity contribution < 1.29 is 9.47 Å². The molecule has 2 nitrogen and oxygen atoms in total. The molecule has 2 heteroatoms. The fourth-order valence-electron chi connectivity index (χ4n) is 0.957. The van der Waals surface area contributed by atoms with Gasteiger partial charge in [0.15, 0.2) is 0 Å². The van der Waals surface area contributed by atoms with Gasteiger partial charge < -0.3 is 9.47 Å². The van der Waals surface area contributed by atoms with E-state index in [0.717, 1.165) is 6.61 Å². The average Bonchev–Trinajstić information content (AvgIpc) is 2.63. The predicted octanol–water partition coefficient (Wildman–Crippen LogP) is 2.21. The number of hydrogen-bond donors (Lipinski definition) is 0. The molecule has 1 atom stereocenters. The number of allylic oxidation sites excluding steroid dienone is 4. The molecule has 0 aromatic rings. The van der Waals surface area contributed by atoms with Crippen LogP contribution in [0.3, 0.4) is 0 Å². The number of hydrogen-bond acceptors (Lipinski definition) is 2. The highest BCUT2D eigenvalue weighted by molar-refractivity contribution is 5.15. The first-order valence-corrected chi connectivity index (χ1v) is 4.24. The van der Waals surface area contributed by atoms with E-state index in [-0.39, 0.29) is 6.10 Å². The highest BCUT2D eigenvalue weighted by Crippen LogP contribution is 2.03. The summed E-state index contributed by atoms with van der Waals surface area (Å²) in [5.74, 6) is 0. The molecule has 1 rings (SSSR count). The van der Waals surface area contributed by atoms with Gasteiger partial charge in [-0.15, -0.1) is 0 Å². The number of ether oxygens (including phenoxy) is 2. The van der Waals surface area contributed by atoms with Gasteiger partial charge in [-0.05, 0) is 6.08 Å². The van der Waals surface area contributed by atoms with Gasteiger partial charge in [-0.2, -0.15) is 0 Å². The molecule has 0 radical (unpaired) electrons. The van der Waals surface area contributed by atoms with E-state index in [0.29, 0.717) is 0 Å². The van der Waals surface area contributed by atoms with Crippen LogP contribution in [0.25, 0.3) is 0 Å². The predicted molar refractivity (Wildman–Crippen MR) is 53.3 cm³/mol. The summed E-state index contributed by atoms with van der Waals surface area (Å²) in [6.07, 6.45) is 15.5. The van der Waals surface area contributed by atoms with E-state index in [1.54, 1.807) is 13.4 Å². The smallest absolute Gasteiger partial charge is 0.0945 e. The van der Waals surface area contributed by atoms with Crippen molar-refractivity contribution in [1.82, 2.24) is 0 Å². The molecule has 0 aromatic heterocycles. The van der Waals surface area contributed by atoms with E-state index in [9.17, 15) is 0 Å². The van der Waals surface area contributed by atoms with E-state index >= 15 is 0 Å². The Hall–Kier alpha value is -1.28. The molecule has 1 aliphatic heterocycles. The fourth-order valence-corrected chi connectivity index (χ4v) is 0.957. The van der Waals surface area contributed by atoms with Crippen LogP contribution in [-0.4, -0.2) is 19.8 Å². The van der Waals surface area contributed by atoms with Gasteiger partial charge >= 0.3 is 0 Å². The second kappa shape index (κ2) is 6.26. The maximum Gasteiger partial charge on any atom is 0.0945 e. The summed E-state index contributed by atoms with van der Waals surface area (Å²) in [4.78, 5) is 0. The summed E-state index contributed by atoms with van der Waals surface area (Å²) in [5.41, 5.74) is 0. The maximum atomic E-state index is 5.31. The molecule has 0 aliphatic carbocycles. The van der Waals surface area contributed by atoms with E-state index in [1.807, 2.05) is 42.5 Å². The molecule has 1 unspecified atom stereocenters. The molecule has 0 saturated heterocycles. The van der Waals surface area contributed by atoms with Crippen LogP contribution in [0.5, 0.6) is 0 Å². The fraction of sp³-hybridized carbons (Fsp3) is 0.273. The zero-order valence-corrected chi connectivity index (χ0v) is 7.72. The van der Waals surface area contributed by atoms with Crippen molar-refractivity contribution in [2.45, 2.75) is 6.10 Å². The molecule has 70 valence electrons. The molecular weight excluding hydrogens is 164 g/mol. The van der Waals surface area contributed by atoms with Gasteiger partial charge in [-0.3, -0.25) is 0 Å². The molecule has 1 aliphatic rings. The van der Waals surface area contributed by atoms with Crippen LogP contribution in [0.4, 0.5) is 0 Å². The first-order valence-electron chi connectivity index (χ1n) is 4.24. The molecular formula is C11H14O2. The first-order chi connectivity index (χ1) is 6.43. The molecule has 0 N–H and O–H groups in total. The van der Waals surface area contributed by atoms with Gasteiger partial charge in [0.1, 0.15) is 0 Å². The summed E-state index contributed by atoms with van der Waals surface area (Å²) >= 11 is 0. The molecule has 0 aromatic carbocycles. The standard InChI is InChI=1S/C11H14O2/c1-12-9-5-3-2-4-7-11-8-6-10-13-11/h2-9,11H,10H2,1H3/b3-2+,7-4+,9-5+. The van der Waals surface area contributed by atoms with Crippen LogP contribution < -0.4 is 0 Å². The van der Waals surface area contributed by atoms with Crippen molar-refractivity contribution in [2.24, 2.45) is 0 Å². The van der Waals surface area contributed by atoms with Crippen LogP contribution in [0.1, 0.15) is 0 Å². The minimum atomic E-state index is 0.149. The van der Waals surface area contributed by atoms with Crippen LogP contribution in [0.15, 0.2) is 48.8 Å². The third-order valence-corrected chi connectivity index (χ3v) is 1.56. The van der Waals surface area contributed by atoms with Crippen molar-refractivity contribution >= 4 is 0 Å². The van der Waals surface area contributed by atoms with Crippen LogP contribution in [0, 0.1) is 0 Å². The van der Waals surface area contributed by atoms with E-state index < -0.39 is 0 Å². The van der Waals surface area contributed by atoms with Crippen LogP contribution >= 0.6 is 0 Å². The zero-order valence-electron chi connectivity index (χ0n) is 7.72. The average molecular weight is 178 g/mol. The largest absolute Gasteiger partial charge is 0.504 e. The Morgan fingerprint density at radius 3 is 2.85 bits per heavy atom. The lowest BCUT2D eigenvalue weighted by Gasteiger charge is -1.98. The Bertz CT molecular complexity index is 236. The van der Waals surface area contributed by atoms with Gasteiger partial charge in [-0.25, -0.2) is 0 Å². The summed E-state index contributed by atoms with van der Waals surface area (Å²) in [7, 11) is 1.62. The van der Waals surface area contributed by atoms with Gasteiger partial charge in [0, 0.05) is 0 Å². The minimum absolute atomic E-state index is 0.149. The SMILES string of the molecule is CO/C=C/C=C/C=C/C1C=CCO1. The van der Waals surface area contributed by atoms with Crippen molar-refractivity contribution in [2.75, 3.05) is 13.7 Å². The van der Waals surface area contributed by atoms with Gasteiger partial charge in [0.2, 0.25) is 0 Å². The maximum absolute atomic E-state index is 5.31. The lowest BCUT2D eigenvalue weighted by Crippen LogP contribution is -1.98. The Labute approximate surface area is 78.9 Å². The molecule has 13 heavy (non-hydrogen) atoms. The van der Waals surface area contributed by atoms with Crippen LogP contribution in [-0.2, 0) is 9.47 Å². The molecule has 0 fully saturated rings. The monoisotopic (exact) mass is 178 g/mol. The summed E-state index contributed by atoms with van der Waals surface area (Å²) in [6.45, 7) is 0.725. The van der Waals surface area contributed by atoms with Gasteiger partial charge in [0.05, 0.1) is 26.1 Å². The molecule has 0 saturated carbocycles. The molecule has 0 amide bonds. The van der Waals surface area contributed by atoms with Gasteiger partial charge in [-0.1, -0.05) is 36.5 Å². The molecule has 0 spiro atoms.